The third-order valence-electron chi connectivity index (χ3n) is 14.0. The van der Waals surface area contributed by atoms with E-state index in [2.05, 4.69) is 27.7 Å². The quantitative estimate of drug-likeness (QED) is 0.356. The molecule has 41 heavy (non-hydrogen) atoms. The summed E-state index contributed by atoms with van der Waals surface area (Å²) >= 11 is 0. The van der Waals surface area contributed by atoms with Crippen molar-refractivity contribution >= 4 is 9.84 Å². The molecule has 0 spiro atoms. The van der Waals surface area contributed by atoms with Crippen LogP contribution in [0.25, 0.3) is 0 Å². The SMILES string of the molecule is CC1(C)CCC(O)(CC(C[C@H]2CCC3C4CCC5C[C@@H](O)CCC5(C)C4CCC32C)S(=O)(=O)c2ccccc2)CC1. The van der Waals surface area contributed by atoms with Crippen molar-refractivity contribution in [1.29, 1.82) is 0 Å². The van der Waals surface area contributed by atoms with E-state index in [-0.39, 0.29) is 16.9 Å². The van der Waals surface area contributed by atoms with Crippen LogP contribution in [0.2, 0.25) is 0 Å². The highest BCUT2D eigenvalue weighted by molar-refractivity contribution is 7.92. The number of aliphatic hydroxyl groups excluding tert-OH is 1. The van der Waals surface area contributed by atoms with Gasteiger partial charge in [-0.2, -0.15) is 0 Å². The van der Waals surface area contributed by atoms with Crippen molar-refractivity contribution in [3.63, 3.8) is 0 Å². The summed E-state index contributed by atoms with van der Waals surface area (Å²) in [5.74, 6) is 3.22. The van der Waals surface area contributed by atoms with Crippen LogP contribution in [0.15, 0.2) is 35.2 Å². The molecule has 1 aromatic rings. The summed E-state index contributed by atoms with van der Waals surface area (Å²) < 4.78 is 28.5. The van der Waals surface area contributed by atoms with Gasteiger partial charge in [-0.05, 0) is 154 Å². The van der Waals surface area contributed by atoms with E-state index in [0.717, 1.165) is 43.9 Å². The van der Waals surface area contributed by atoms with Crippen LogP contribution in [0.1, 0.15) is 124 Å². The van der Waals surface area contributed by atoms with Crippen LogP contribution < -0.4 is 0 Å². The monoisotopic (exact) mass is 584 g/mol. The van der Waals surface area contributed by atoms with Gasteiger partial charge in [0.15, 0.2) is 9.84 Å². The van der Waals surface area contributed by atoms with E-state index in [9.17, 15) is 18.6 Å². The normalized spacial score (nSPS) is 42.5. The zero-order valence-electron chi connectivity index (χ0n) is 26.2. The molecule has 0 saturated heterocycles. The molecule has 5 heteroatoms. The number of rotatable bonds is 6. The molecular weight excluding hydrogens is 528 g/mol. The molecule has 230 valence electrons. The predicted octanol–water partition coefficient (Wildman–Crippen LogP) is 7.96. The largest absolute Gasteiger partial charge is 0.393 e. The molecule has 0 amide bonds. The second kappa shape index (κ2) is 10.6. The predicted molar refractivity (Wildman–Crippen MR) is 165 cm³/mol. The Morgan fingerprint density at radius 1 is 0.805 bits per heavy atom. The Morgan fingerprint density at radius 2 is 1.46 bits per heavy atom. The van der Waals surface area contributed by atoms with Crippen LogP contribution in [-0.4, -0.2) is 35.6 Å². The molecule has 4 nitrogen and oxygen atoms in total. The van der Waals surface area contributed by atoms with E-state index in [0.29, 0.717) is 53.7 Å². The smallest absolute Gasteiger partial charge is 0.181 e. The highest BCUT2D eigenvalue weighted by Gasteiger charge is 2.60. The van der Waals surface area contributed by atoms with Crippen LogP contribution in [0.4, 0.5) is 0 Å². The minimum absolute atomic E-state index is 0.108. The first-order valence-corrected chi connectivity index (χ1v) is 18.5. The first kappa shape index (κ1) is 30.1. The lowest BCUT2D eigenvalue weighted by Gasteiger charge is -2.61. The van der Waals surface area contributed by atoms with Crippen molar-refractivity contribution in [3.05, 3.63) is 30.3 Å². The fourth-order valence-electron chi connectivity index (χ4n) is 11.2. The van der Waals surface area contributed by atoms with Crippen molar-refractivity contribution in [2.24, 2.45) is 45.8 Å². The summed E-state index contributed by atoms with van der Waals surface area (Å²) in [4.78, 5) is 0.416. The topological polar surface area (TPSA) is 74.6 Å². The van der Waals surface area contributed by atoms with E-state index in [4.69, 9.17) is 0 Å². The Balaban J connectivity index is 1.25. The first-order chi connectivity index (χ1) is 19.3. The molecule has 7 unspecified atom stereocenters. The van der Waals surface area contributed by atoms with Crippen LogP contribution in [-0.2, 0) is 9.84 Å². The van der Waals surface area contributed by atoms with Crippen LogP contribution in [0.5, 0.6) is 0 Å². The number of hydrogen-bond acceptors (Lipinski definition) is 4. The van der Waals surface area contributed by atoms with Gasteiger partial charge in [-0.3, -0.25) is 0 Å². The molecule has 0 aliphatic heterocycles. The second-order valence-corrected chi connectivity index (χ2v) is 18.9. The Labute approximate surface area is 250 Å². The average Bonchev–Trinajstić information content (AvgIpc) is 3.27. The van der Waals surface area contributed by atoms with Crippen molar-refractivity contribution < 1.29 is 18.6 Å². The molecule has 0 heterocycles. The van der Waals surface area contributed by atoms with E-state index in [1.165, 1.54) is 38.5 Å². The number of sulfone groups is 1. The van der Waals surface area contributed by atoms with Gasteiger partial charge in [0, 0.05) is 0 Å². The van der Waals surface area contributed by atoms with Gasteiger partial charge in [-0.1, -0.05) is 45.9 Å². The fraction of sp³-hybridized carbons (Fsp3) is 0.833. The first-order valence-electron chi connectivity index (χ1n) is 17.0. The maximum Gasteiger partial charge on any atom is 0.181 e. The van der Waals surface area contributed by atoms with Crippen LogP contribution in [0.3, 0.4) is 0 Å². The average molecular weight is 585 g/mol. The van der Waals surface area contributed by atoms with Gasteiger partial charge in [0.25, 0.3) is 0 Å². The van der Waals surface area contributed by atoms with E-state index in [1.54, 1.807) is 12.1 Å². The van der Waals surface area contributed by atoms with E-state index in [1.807, 2.05) is 18.2 Å². The van der Waals surface area contributed by atoms with Gasteiger partial charge in [0.1, 0.15) is 0 Å². The van der Waals surface area contributed by atoms with Crippen molar-refractivity contribution in [2.75, 3.05) is 0 Å². The lowest BCUT2D eigenvalue weighted by atomic mass is 9.44. The van der Waals surface area contributed by atoms with Gasteiger partial charge in [0.05, 0.1) is 21.9 Å². The molecule has 6 rings (SSSR count). The zero-order chi connectivity index (χ0) is 29.3. The Hall–Kier alpha value is -0.910. The molecular formula is C36H56O4S. The van der Waals surface area contributed by atoms with Gasteiger partial charge < -0.3 is 10.2 Å². The molecule has 5 aliphatic rings. The summed E-state index contributed by atoms with van der Waals surface area (Å²) in [5.41, 5.74) is -0.132. The summed E-state index contributed by atoms with van der Waals surface area (Å²) in [6, 6.07) is 9.05. The molecule has 0 bridgehead atoms. The molecule has 5 fully saturated rings. The molecule has 1 aromatic carbocycles. The minimum Gasteiger partial charge on any atom is -0.393 e. The van der Waals surface area contributed by atoms with Gasteiger partial charge in [-0.15, -0.1) is 0 Å². The molecule has 9 atom stereocenters. The van der Waals surface area contributed by atoms with Gasteiger partial charge >= 0.3 is 0 Å². The molecule has 5 aliphatic carbocycles. The third-order valence-corrected chi connectivity index (χ3v) is 16.2. The summed E-state index contributed by atoms with van der Waals surface area (Å²) in [6.45, 7) is 9.59. The van der Waals surface area contributed by atoms with E-state index >= 15 is 0 Å². The lowest BCUT2D eigenvalue weighted by Crippen LogP contribution is -2.54. The number of benzene rings is 1. The maximum atomic E-state index is 14.3. The van der Waals surface area contributed by atoms with Crippen LogP contribution in [0, 0.1) is 45.8 Å². The highest BCUT2D eigenvalue weighted by Crippen LogP contribution is 2.68. The third kappa shape index (κ3) is 5.37. The fourth-order valence-corrected chi connectivity index (χ4v) is 13.1. The minimum atomic E-state index is -3.56. The molecule has 0 radical (unpaired) electrons. The molecule has 5 saturated carbocycles. The Morgan fingerprint density at radius 3 is 2.17 bits per heavy atom. The summed E-state index contributed by atoms with van der Waals surface area (Å²) in [5, 5.41) is 21.7. The van der Waals surface area contributed by atoms with Crippen molar-refractivity contribution in [1.82, 2.24) is 0 Å². The number of hydrogen-bond donors (Lipinski definition) is 2. The Kier molecular flexibility index (Phi) is 7.80. The summed E-state index contributed by atoms with van der Waals surface area (Å²) in [7, 11) is -3.56. The number of aliphatic hydroxyl groups is 2. The van der Waals surface area contributed by atoms with Crippen molar-refractivity contribution in [2.45, 2.75) is 146 Å². The zero-order valence-corrected chi connectivity index (χ0v) is 27.0. The van der Waals surface area contributed by atoms with Gasteiger partial charge in [0.2, 0.25) is 0 Å². The highest BCUT2D eigenvalue weighted by atomic mass is 32.2. The van der Waals surface area contributed by atoms with E-state index < -0.39 is 20.7 Å². The van der Waals surface area contributed by atoms with Crippen molar-refractivity contribution in [3.8, 4) is 0 Å². The Bertz CT molecular complexity index is 1180. The van der Waals surface area contributed by atoms with Crippen LogP contribution >= 0.6 is 0 Å². The maximum absolute atomic E-state index is 14.3. The second-order valence-electron chi connectivity index (χ2n) is 16.7. The molecule has 2 N–H and O–H groups in total. The summed E-state index contributed by atoms with van der Waals surface area (Å²) in [6.07, 6.45) is 14.7. The lowest BCUT2D eigenvalue weighted by molar-refractivity contribution is -0.127. The van der Waals surface area contributed by atoms with Gasteiger partial charge in [-0.25, -0.2) is 8.42 Å². The molecule has 0 aromatic heterocycles. The standard InChI is InChI=1S/C36H56O4S/c1-33(2)18-20-36(38,21-19-33)24-29(41(39,40)28-8-6-5-7-9-28)23-26-11-13-31-30-12-10-25-22-27(37)14-16-34(25,3)32(30)15-17-35(26,31)4/h5-9,25-27,29-32,37-38H,10-24H2,1-4H3/t25?,26-,27+,29?,30?,31?,32?,34?,35?/m1/s1. The number of fused-ring (bicyclic) bond motifs is 5.